The Hall–Kier alpha value is -3.10. The summed E-state index contributed by atoms with van der Waals surface area (Å²) in [7, 11) is 0. The van der Waals surface area contributed by atoms with Gasteiger partial charge in [-0.3, -0.25) is 14.9 Å². The van der Waals surface area contributed by atoms with Gasteiger partial charge in [-0.2, -0.15) is 13.2 Å². The molecule has 0 aliphatic carbocycles. The van der Waals surface area contributed by atoms with Crippen molar-refractivity contribution in [3.63, 3.8) is 0 Å². The SMILES string of the molecule is Cc1ccc(NC(=O)COc2cccc([N+](=O)[O-])c2)cc1C(F)(F)F. The molecule has 132 valence electrons. The molecule has 0 fully saturated rings. The van der Waals surface area contributed by atoms with Crippen molar-refractivity contribution < 1.29 is 27.6 Å². The second-order valence-corrected chi connectivity index (χ2v) is 5.12. The van der Waals surface area contributed by atoms with Crippen LogP contribution in [0, 0.1) is 17.0 Å². The molecule has 1 amide bonds. The number of anilines is 1. The molecular formula is C16H13F3N2O4. The van der Waals surface area contributed by atoms with Gasteiger partial charge in [0.05, 0.1) is 16.6 Å². The van der Waals surface area contributed by atoms with Crippen LogP contribution in [0.25, 0.3) is 0 Å². The second-order valence-electron chi connectivity index (χ2n) is 5.12. The van der Waals surface area contributed by atoms with Crippen LogP contribution < -0.4 is 10.1 Å². The average molecular weight is 354 g/mol. The van der Waals surface area contributed by atoms with Crippen LogP contribution in [0.4, 0.5) is 24.5 Å². The summed E-state index contributed by atoms with van der Waals surface area (Å²) in [6, 6.07) is 8.64. The Morgan fingerprint density at radius 3 is 2.60 bits per heavy atom. The lowest BCUT2D eigenvalue weighted by atomic mass is 10.1. The minimum Gasteiger partial charge on any atom is -0.484 e. The van der Waals surface area contributed by atoms with Gasteiger partial charge in [0.2, 0.25) is 0 Å². The van der Waals surface area contributed by atoms with Crippen LogP contribution in [-0.4, -0.2) is 17.4 Å². The Labute approximate surface area is 140 Å². The zero-order valence-corrected chi connectivity index (χ0v) is 13.0. The van der Waals surface area contributed by atoms with E-state index < -0.39 is 29.2 Å². The topological polar surface area (TPSA) is 81.5 Å². The lowest BCUT2D eigenvalue weighted by molar-refractivity contribution is -0.384. The molecule has 2 aromatic rings. The summed E-state index contributed by atoms with van der Waals surface area (Å²) < 4.78 is 43.7. The van der Waals surface area contributed by atoms with E-state index in [-0.39, 0.29) is 22.7 Å². The molecule has 0 heterocycles. The maximum Gasteiger partial charge on any atom is 0.416 e. The average Bonchev–Trinajstić information content (AvgIpc) is 2.54. The number of non-ortho nitro benzene ring substituents is 1. The third-order valence-electron chi connectivity index (χ3n) is 3.23. The van der Waals surface area contributed by atoms with Gasteiger partial charge in [0.1, 0.15) is 5.75 Å². The number of nitro groups is 1. The van der Waals surface area contributed by atoms with Crippen LogP contribution in [0.3, 0.4) is 0 Å². The molecule has 0 aromatic heterocycles. The third-order valence-corrected chi connectivity index (χ3v) is 3.23. The van der Waals surface area contributed by atoms with Crippen molar-refractivity contribution in [1.82, 2.24) is 0 Å². The summed E-state index contributed by atoms with van der Waals surface area (Å²) in [4.78, 5) is 21.8. The molecule has 0 unspecified atom stereocenters. The summed E-state index contributed by atoms with van der Waals surface area (Å²) in [5.41, 5.74) is -1.03. The lowest BCUT2D eigenvalue weighted by Gasteiger charge is -2.13. The van der Waals surface area contributed by atoms with E-state index in [0.717, 1.165) is 12.1 Å². The van der Waals surface area contributed by atoms with Crippen molar-refractivity contribution in [3.05, 3.63) is 63.7 Å². The highest BCUT2D eigenvalue weighted by atomic mass is 19.4. The Bertz CT molecular complexity index is 806. The van der Waals surface area contributed by atoms with Crippen molar-refractivity contribution in [2.24, 2.45) is 0 Å². The molecule has 0 saturated carbocycles. The monoisotopic (exact) mass is 354 g/mol. The number of ether oxygens (including phenoxy) is 1. The first-order valence-corrected chi connectivity index (χ1v) is 7.02. The van der Waals surface area contributed by atoms with Gasteiger partial charge < -0.3 is 10.1 Å². The summed E-state index contributed by atoms with van der Waals surface area (Å²) in [6.45, 7) is 0.816. The van der Waals surface area contributed by atoms with E-state index in [1.165, 1.54) is 37.3 Å². The van der Waals surface area contributed by atoms with E-state index in [1.54, 1.807) is 0 Å². The molecule has 0 radical (unpaired) electrons. The first-order chi connectivity index (χ1) is 11.7. The minimum atomic E-state index is -4.52. The van der Waals surface area contributed by atoms with Crippen molar-refractivity contribution in [3.8, 4) is 5.75 Å². The number of carbonyl (C=O) groups excluding carboxylic acids is 1. The van der Waals surface area contributed by atoms with Crippen LogP contribution in [-0.2, 0) is 11.0 Å². The van der Waals surface area contributed by atoms with Gasteiger partial charge in [-0.05, 0) is 30.7 Å². The van der Waals surface area contributed by atoms with E-state index >= 15 is 0 Å². The number of hydrogen-bond donors (Lipinski definition) is 1. The van der Waals surface area contributed by atoms with Gasteiger partial charge in [-0.15, -0.1) is 0 Å². The fourth-order valence-electron chi connectivity index (χ4n) is 2.04. The normalized spacial score (nSPS) is 11.0. The van der Waals surface area contributed by atoms with Gasteiger partial charge in [-0.25, -0.2) is 0 Å². The van der Waals surface area contributed by atoms with Crippen LogP contribution in [0.2, 0.25) is 0 Å². The number of alkyl halides is 3. The van der Waals surface area contributed by atoms with E-state index in [0.29, 0.717) is 0 Å². The number of aryl methyl sites for hydroxylation is 1. The molecule has 25 heavy (non-hydrogen) atoms. The summed E-state index contributed by atoms with van der Waals surface area (Å²) >= 11 is 0. The van der Waals surface area contributed by atoms with Crippen molar-refractivity contribution in [2.45, 2.75) is 13.1 Å². The fourth-order valence-corrected chi connectivity index (χ4v) is 2.04. The van der Waals surface area contributed by atoms with Crippen LogP contribution in [0.1, 0.15) is 11.1 Å². The quantitative estimate of drug-likeness (QED) is 0.651. The molecule has 6 nitrogen and oxygen atoms in total. The number of hydrogen-bond acceptors (Lipinski definition) is 4. The van der Waals surface area contributed by atoms with Gasteiger partial charge in [0, 0.05) is 11.8 Å². The lowest BCUT2D eigenvalue weighted by Crippen LogP contribution is -2.20. The van der Waals surface area contributed by atoms with Crippen molar-refractivity contribution in [1.29, 1.82) is 0 Å². The summed E-state index contributed by atoms with van der Waals surface area (Å²) in [5.74, 6) is -0.590. The van der Waals surface area contributed by atoms with E-state index in [9.17, 15) is 28.1 Å². The molecule has 0 atom stereocenters. The van der Waals surface area contributed by atoms with Crippen molar-refractivity contribution in [2.75, 3.05) is 11.9 Å². The minimum absolute atomic E-state index is 0.0226. The van der Waals surface area contributed by atoms with Gasteiger partial charge in [0.15, 0.2) is 6.61 Å². The van der Waals surface area contributed by atoms with E-state index in [1.807, 2.05) is 0 Å². The van der Waals surface area contributed by atoms with Crippen LogP contribution >= 0.6 is 0 Å². The standard InChI is InChI=1S/C16H13F3N2O4/c1-10-5-6-11(7-14(10)16(17,18)19)20-15(22)9-25-13-4-2-3-12(8-13)21(23)24/h2-8H,9H2,1H3,(H,20,22). The predicted molar refractivity (Wildman–Crippen MR) is 83.4 cm³/mol. The van der Waals surface area contributed by atoms with Gasteiger partial charge >= 0.3 is 6.18 Å². The highest BCUT2D eigenvalue weighted by Gasteiger charge is 2.32. The van der Waals surface area contributed by atoms with Crippen molar-refractivity contribution >= 4 is 17.3 Å². The number of nitro benzene ring substituents is 1. The molecule has 0 saturated heterocycles. The first kappa shape index (κ1) is 18.2. The molecule has 0 aliphatic rings. The van der Waals surface area contributed by atoms with E-state index in [4.69, 9.17) is 4.74 Å². The highest BCUT2D eigenvalue weighted by molar-refractivity contribution is 5.92. The van der Waals surface area contributed by atoms with E-state index in [2.05, 4.69) is 5.32 Å². The largest absolute Gasteiger partial charge is 0.484 e. The number of carbonyl (C=O) groups is 1. The molecule has 1 N–H and O–H groups in total. The molecule has 2 aromatic carbocycles. The Balaban J connectivity index is 2.01. The number of nitrogens with one attached hydrogen (secondary N) is 1. The maximum absolute atomic E-state index is 12.8. The van der Waals surface area contributed by atoms with Gasteiger partial charge in [0.25, 0.3) is 11.6 Å². The number of benzene rings is 2. The molecule has 2 rings (SSSR count). The number of nitrogens with zero attached hydrogens (tertiary/aromatic N) is 1. The predicted octanol–water partition coefficient (Wildman–Crippen LogP) is 3.94. The summed E-state index contributed by atoms with van der Waals surface area (Å²) in [6.07, 6.45) is -4.52. The molecule has 0 aliphatic heterocycles. The molecule has 0 spiro atoms. The molecular weight excluding hydrogens is 341 g/mol. The number of rotatable bonds is 5. The Morgan fingerprint density at radius 2 is 1.96 bits per heavy atom. The number of halogens is 3. The third kappa shape index (κ3) is 4.93. The van der Waals surface area contributed by atoms with Gasteiger partial charge in [-0.1, -0.05) is 12.1 Å². The highest BCUT2D eigenvalue weighted by Crippen LogP contribution is 2.33. The maximum atomic E-state index is 12.8. The summed E-state index contributed by atoms with van der Waals surface area (Å²) in [5, 5.41) is 12.9. The second kappa shape index (κ2) is 7.20. The Kier molecular flexibility index (Phi) is 5.26. The zero-order valence-electron chi connectivity index (χ0n) is 13.0. The van der Waals surface area contributed by atoms with Crippen LogP contribution in [0.5, 0.6) is 5.75 Å². The first-order valence-electron chi connectivity index (χ1n) is 7.02. The molecule has 0 bridgehead atoms. The molecule has 9 heteroatoms. The number of amides is 1. The zero-order chi connectivity index (χ0) is 18.6. The Morgan fingerprint density at radius 1 is 1.24 bits per heavy atom. The van der Waals surface area contributed by atoms with Crippen LogP contribution in [0.15, 0.2) is 42.5 Å². The smallest absolute Gasteiger partial charge is 0.416 e. The fraction of sp³-hybridized carbons (Fsp3) is 0.188.